The van der Waals surface area contributed by atoms with Gasteiger partial charge in [0, 0.05) is 12.7 Å². The number of ether oxygens (including phenoxy) is 1. The Labute approximate surface area is 89.1 Å². The van der Waals surface area contributed by atoms with E-state index in [1.165, 1.54) is 0 Å². The van der Waals surface area contributed by atoms with Crippen LogP contribution in [0.3, 0.4) is 0 Å². The first kappa shape index (κ1) is 12.5. The number of methoxy groups -OCH3 is 1. The van der Waals surface area contributed by atoms with E-state index in [4.69, 9.17) is 5.26 Å². The molecule has 0 radical (unpaired) electrons. The van der Waals surface area contributed by atoms with Crippen LogP contribution in [0.15, 0.2) is 18.2 Å². The Bertz CT molecular complexity index is 422. The van der Waals surface area contributed by atoms with Gasteiger partial charge in [-0.3, -0.25) is 0 Å². The molecule has 86 valence electrons. The molecule has 6 heteroatoms. The molecule has 0 aliphatic heterocycles. The second-order valence-corrected chi connectivity index (χ2v) is 2.97. The van der Waals surface area contributed by atoms with E-state index in [0.29, 0.717) is 6.07 Å². The van der Waals surface area contributed by atoms with Gasteiger partial charge in [0.1, 0.15) is 5.82 Å². The lowest BCUT2D eigenvalue weighted by Gasteiger charge is -2.15. The highest BCUT2D eigenvalue weighted by atomic mass is 19.4. The molecule has 16 heavy (non-hydrogen) atoms. The molecule has 0 aliphatic carbocycles. The van der Waals surface area contributed by atoms with Crippen LogP contribution in [0.25, 0.3) is 0 Å². The van der Waals surface area contributed by atoms with Crippen LogP contribution >= 0.6 is 0 Å². The van der Waals surface area contributed by atoms with Crippen molar-refractivity contribution in [1.82, 2.24) is 0 Å². The number of rotatable bonds is 2. The molecule has 2 nitrogen and oxygen atoms in total. The number of hydrogen-bond donors (Lipinski definition) is 0. The van der Waals surface area contributed by atoms with Crippen molar-refractivity contribution in [1.29, 1.82) is 5.26 Å². The van der Waals surface area contributed by atoms with Gasteiger partial charge in [0.2, 0.25) is 0 Å². The third kappa shape index (κ3) is 2.49. The van der Waals surface area contributed by atoms with Crippen molar-refractivity contribution in [3.8, 4) is 6.07 Å². The van der Waals surface area contributed by atoms with Crippen molar-refractivity contribution in [2.24, 2.45) is 0 Å². The van der Waals surface area contributed by atoms with E-state index in [0.717, 1.165) is 19.2 Å². The highest BCUT2D eigenvalue weighted by molar-refractivity contribution is 5.34. The lowest BCUT2D eigenvalue weighted by molar-refractivity contribution is -0.139. The van der Waals surface area contributed by atoms with Crippen LogP contribution in [0.2, 0.25) is 0 Å². The van der Waals surface area contributed by atoms with Crippen molar-refractivity contribution >= 4 is 0 Å². The number of halogens is 4. The third-order valence-corrected chi connectivity index (χ3v) is 1.96. The highest BCUT2D eigenvalue weighted by Crippen LogP contribution is 2.35. The molecule has 0 aromatic heterocycles. The fraction of sp³-hybridized carbons (Fsp3) is 0.300. The molecule has 0 bridgehead atoms. The first-order valence-electron chi connectivity index (χ1n) is 4.19. The summed E-state index contributed by atoms with van der Waals surface area (Å²) in [6.45, 7) is 0. The van der Waals surface area contributed by atoms with E-state index in [-0.39, 0.29) is 5.56 Å². The summed E-state index contributed by atoms with van der Waals surface area (Å²) in [5, 5.41) is 8.60. The summed E-state index contributed by atoms with van der Waals surface area (Å²) in [5.41, 5.74) is -1.58. The van der Waals surface area contributed by atoms with Gasteiger partial charge in [-0.1, -0.05) is 6.07 Å². The van der Waals surface area contributed by atoms with Crippen LogP contribution in [0.4, 0.5) is 17.6 Å². The van der Waals surface area contributed by atoms with Crippen molar-refractivity contribution in [3.05, 3.63) is 35.1 Å². The van der Waals surface area contributed by atoms with Gasteiger partial charge in [-0.15, -0.1) is 0 Å². The smallest absolute Gasteiger partial charge is 0.362 e. The Hall–Kier alpha value is -1.61. The summed E-state index contributed by atoms with van der Waals surface area (Å²) >= 11 is 0. The number of nitrogens with zero attached hydrogens (tertiary/aromatic N) is 1. The van der Waals surface area contributed by atoms with Gasteiger partial charge in [-0.25, -0.2) is 4.39 Å². The minimum Gasteiger partial charge on any atom is -0.362 e. The molecule has 0 N–H and O–H groups in total. The van der Waals surface area contributed by atoms with Crippen LogP contribution < -0.4 is 0 Å². The highest BCUT2D eigenvalue weighted by Gasteiger charge is 2.35. The molecule has 1 rings (SSSR count). The summed E-state index contributed by atoms with van der Waals surface area (Å²) in [6.07, 6.45) is -6.08. The number of nitriles is 1. The first-order chi connectivity index (χ1) is 7.40. The summed E-state index contributed by atoms with van der Waals surface area (Å²) in [7, 11) is 1.11. The summed E-state index contributed by atoms with van der Waals surface area (Å²) in [5.74, 6) is -1.01. The Morgan fingerprint density at radius 3 is 2.44 bits per heavy atom. The summed E-state index contributed by atoms with van der Waals surface area (Å²) in [6, 6.07) is 3.65. The van der Waals surface area contributed by atoms with Crippen LogP contribution in [-0.2, 0) is 10.9 Å². The van der Waals surface area contributed by atoms with E-state index in [9.17, 15) is 17.6 Å². The predicted octanol–water partition coefficient (Wildman–Crippen LogP) is 3.06. The summed E-state index contributed by atoms with van der Waals surface area (Å²) < 4.78 is 54.9. The minimum absolute atomic E-state index is 0.346. The van der Waals surface area contributed by atoms with Crippen molar-refractivity contribution in [2.75, 3.05) is 7.11 Å². The molecular formula is C10H7F4NO. The van der Waals surface area contributed by atoms with Crippen LogP contribution in [0, 0.1) is 17.1 Å². The van der Waals surface area contributed by atoms with Gasteiger partial charge < -0.3 is 4.74 Å². The molecule has 0 spiro atoms. The van der Waals surface area contributed by atoms with Crippen molar-refractivity contribution in [3.63, 3.8) is 0 Å². The topological polar surface area (TPSA) is 33.0 Å². The monoisotopic (exact) mass is 233 g/mol. The number of benzene rings is 1. The molecule has 1 atom stereocenters. The molecule has 0 aliphatic rings. The van der Waals surface area contributed by atoms with Crippen LogP contribution in [-0.4, -0.2) is 7.11 Å². The number of alkyl halides is 3. The van der Waals surface area contributed by atoms with E-state index in [1.54, 1.807) is 6.07 Å². The zero-order chi connectivity index (χ0) is 12.3. The molecule has 1 aromatic carbocycles. The predicted molar refractivity (Wildman–Crippen MR) is 46.8 cm³/mol. The normalized spacial score (nSPS) is 13.2. The van der Waals surface area contributed by atoms with Crippen LogP contribution in [0.5, 0.6) is 0 Å². The molecule has 0 amide bonds. The van der Waals surface area contributed by atoms with Gasteiger partial charge in [-0.05, 0) is 12.1 Å². The first-order valence-corrected chi connectivity index (χ1v) is 4.19. The quantitative estimate of drug-likeness (QED) is 0.735. The Balaban J connectivity index is 3.35. The maximum absolute atomic E-state index is 12.7. The van der Waals surface area contributed by atoms with Crippen LogP contribution in [0.1, 0.15) is 17.2 Å². The fourth-order valence-corrected chi connectivity index (χ4v) is 1.25. The molecule has 1 aromatic rings. The summed E-state index contributed by atoms with van der Waals surface area (Å²) in [4.78, 5) is 0. The molecule has 0 saturated heterocycles. The minimum atomic E-state index is -4.72. The maximum atomic E-state index is 12.7. The molecule has 1 unspecified atom stereocenters. The standard InChI is InChI=1S/C10H7F4NO/c1-16-9(5-15)7-3-2-6(11)4-8(7)10(12,13)14/h2-4,9H,1H3. The average Bonchev–Trinajstić information content (AvgIpc) is 2.20. The zero-order valence-corrected chi connectivity index (χ0v) is 8.18. The maximum Gasteiger partial charge on any atom is 0.416 e. The lowest BCUT2D eigenvalue weighted by atomic mass is 10.0. The van der Waals surface area contributed by atoms with Gasteiger partial charge >= 0.3 is 6.18 Å². The molecule has 0 saturated carbocycles. The van der Waals surface area contributed by atoms with Gasteiger partial charge in [0.25, 0.3) is 0 Å². The van der Waals surface area contributed by atoms with E-state index in [2.05, 4.69) is 4.74 Å². The van der Waals surface area contributed by atoms with Crippen molar-refractivity contribution in [2.45, 2.75) is 12.3 Å². The Kier molecular flexibility index (Phi) is 3.50. The van der Waals surface area contributed by atoms with E-state index in [1.807, 2.05) is 0 Å². The van der Waals surface area contributed by atoms with E-state index < -0.39 is 23.7 Å². The largest absolute Gasteiger partial charge is 0.416 e. The Morgan fingerprint density at radius 2 is 2.00 bits per heavy atom. The zero-order valence-electron chi connectivity index (χ0n) is 8.18. The number of hydrogen-bond acceptors (Lipinski definition) is 2. The second kappa shape index (κ2) is 4.49. The van der Waals surface area contributed by atoms with E-state index >= 15 is 0 Å². The second-order valence-electron chi connectivity index (χ2n) is 2.97. The molecular weight excluding hydrogens is 226 g/mol. The molecule has 0 fully saturated rings. The average molecular weight is 233 g/mol. The van der Waals surface area contributed by atoms with Gasteiger partial charge in [0.05, 0.1) is 11.6 Å². The molecule has 0 heterocycles. The SMILES string of the molecule is COC(C#N)c1ccc(F)cc1C(F)(F)F. The Morgan fingerprint density at radius 1 is 1.38 bits per heavy atom. The third-order valence-electron chi connectivity index (χ3n) is 1.96. The van der Waals surface area contributed by atoms with Gasteiger partial charge in [0.15, 0.2) is 6.10 Å². The lowest BCUT2D eigenvalue weighted by Crippen LogP contribution is -2.13. The van der Waals surface area contributed by atoms with Crippen molar-refractivity contribution < 1.29 is 22.3 Å². The van der Waals surface area contributed by atoms with Gasteiger partial charge in [-0.2, -0.15) is 18.4 Å². The fourth-order valence-electron chi connectivity index (χ4n) is 1.25.